The zero-order valence-electron chi connectivity index (χ0n) is 14.5. The number of benzene rings is 2. The van der Waals surface area contributed by atoms with Gasteiger partial charge in [0.15, 0.2) is 0 Å². The van der Waals surface area contributed by atoms with Crippen molar-refractivity contribution in [2.75, 3.05) is 0 Å². The lowest BCUT2D eigenvalue weighted by Crippen LogP contribution is -2.35. The van der Waals surface area contributed by atoms with Crippen molar-refractivity contribution >= 4 is 5.91 Å². The van der Waals surface area contributed by atoms with E-state index in [9.17, 15) is 13.6 Å². The molecule has 1 heterocycles. The summed E-state index contributed by atoms with van der Waals surface area (Å²) in [6, 6.07) is 10.8. The first-order valence-corrected chi connectivity index (χ1v) is 8.18. The fraction of sp³-hybridized carbons (Fsp3) is 0.222. The van der Waals surface area contributed by atoms with E-state index in [1.54, 1.807) is 31.2 Å². The Labute approximate surface area is 153 Å². The summed E-state index contributed by atoms with van der Waals surface area (Å²) in [6.07, 6.45) is 0.176. The number of rotatable bonds is 7. The molecule has 0 saturated carbocycles. The van der Waals surface area contributed by atoms with Crippen LogP contribution in [0.4, 0.5) is 8.78 Å². The number of aromatic nitrogens is 4. The van der Waals surface area contributed by atoms with E-state index in [0.29, 0.717) is 17.0 Å². The Morgan fingerprint density at radius 1 is 1.15 bits per heavy atom. The van der Waals surface area contributed by atoms with Crippen LogP contribution in [0, 0.1) is 18.6 Å². The lowest BCUT2D eigenvalue weighted by molar-refractivity contribution is -0.138. The highest BCUT2D eigenvalue weighted by atomic mass is 19.1. The Hall–Kier alpha value is -3.20. The van der Waals surface area contributed by atoms with Crippen LogP contribution in [0.15, 0.2) is 48.5 Å². The maximum Gasteiger partial charge on any atom is 0.268 e. The minimum absolute atomic E-state index is 0.0628. The number of halogens is 2. The van der Waals surface area contributed by atoms with Gasteiger partial charge in [0.2, 0.25) is 0 Å². The summed E-state index contributed by atoms with van der Waals surface area (Å²) in [5.74, 6) is -0.804. The average Bonchev–Trinajstić information content (AvgIpc) is 3.07. The van der Waals surface area contributed by atoms with Gasteiger partial charge in [0.05, 0.1) is 6.61 Å². The number of nitrogens with one attached hydrogen (secondary N) is 1. The smallest absolute Gasteiger partial charge is 0.268 e. The number of hydroxylamine groups is 1. The van der Waals surface area contributed by atoms with Crippen molar-refractivity contribution in [3.05, 3.63) is 77.1 Å². The van der Waals surface area contributed by atoms with Crippen molar-refractivity contribution in [3.8, 4) is 0 Å². The molecule has 1 unspecified atom stereocenters. The molecule has 3 aromatic rings. The number of hydrogen-bond acceptors (Lipinski definition) is 5. The van der Waals surface area contributed by atoms with Crippen LogP contribution < -0.4 is 5.48 Å². The number of nitrogens with zero attached hydrogens (tertiary/aromatic N) is 4. The Morgan fingerprint density at radius 2 is 1.93 bits per heavy atom. The molecule has 140 valence electrons. The molecule has 1 atom stereocenters. The van der Waals surface area contributed by atoms with Gasteiger partial charge in [-0.2, -0.15) is 0 Å². The quantitative estimate of drug-likeness (QED) is 0.643. The summed E-state index contributed by atoms with van der Waals surface area (Å²) in [6.45, 7) is 1.72. The molecule has 0 bridgehead atoms. The predicted molar refractivity (Wildman–Crippen MR) is 91.0 cm³/mol. The van der Waals surface area contributed by atoms with Crippen LogP contribution in [-0.2, 0) is 22.7 Å². The second-order valence-electron chi connectivity index (χ2n) is 5.90. The van der Waals surface area contributed by atoms with Crippen molar-refractivity contribution in [1.29, 1.82) is 0 Å². The molecule has 0 saturated heterocycles. The van der Waals surface area contributed by atoms with Gasteiger partial charge in [0.25, 0.3) is 5.91 Å². The van der Waals surface area contributed by atoms with Gasteiger partial charge in [0, 0.05) is 6.42 Å². The number of carbonyl (C=O) groups excluding carboxylic acids is 1. The topological polar surface area (TPSA) is 81.9 Å². The Morgan fingerprint density at radius 3 is 2.59 bits per heavy atom. The van der Waals surface area contributed by atoms with Gasteiger partial charge in [-0.25, -0.2) is 18.9 Å². The van der Waals surface area contributed by atoms with Gasteiger partial charge in [-0.3, -0.25) is 9.63 Å². The maximum absolute atomic E-state index is 13.5. The first-order valence-electron chi connectivity index (χ1n) is 8.18. The minimum atomic E-state index is -0.824. The number of hydrogen-bond donors (Lipinski definition) is 1. The maximum atomic E-state index is 13.5. The molecule has 0 aliphatic heterocycles. The lowest BCUT2D eigenvalue weighted by atomic mass is 10.1. The van der Waals surface area contributed by atoms with E-state index in [4.69, 9.17) is 4.84 Å². The van der Waals surface area contributed by atoms with Crippen LogP contribution in [0.5, 0.6) is 0 Å². The number of carbonyl (C=O) groups is 1. The average molecular weight is 373 g/mol. The minimum Gasteiger partial charge on any atom is -0.270 e. The highest BCUT2D eigenvalue weighted by Gasteiger charge is 2.24. The molecule has 0 aliphatic rings. The van der Waals surface area contributed by atoms with Crippen molar-refractivity contribution in [1.82, 2.24) is 25.7 Å². The molecule has 2 aromatic carbocycles. The second-order valence-corrected chi connectivity index (χ2v) is 5.90. The van der Waals surface area contributed by atoms with Gasteiger partial charge in [-0.05, 0) is 52.7 Å². The van der Waals surface area contributed by atoms with Crippen LogP contribution in [0.2, 0.25) is 0 Å². The summed E-state index contributed by atoms with van der Waals surface area (Å²) in [5.41, 5.74) is 3.66. The summed E-state index contributed by atoms with van der Waals surface area (Å²) >= 11 is 0. The monoisotopic (exact) mass is 373 g/mol. The summed E-state index contributed by atoms with van der Waals surface area (Å²) in [5, 5.41) is 11.2. The van der Waals surface area contributed by atoms with E-state index < -0.39 is 17.8 Å². The van der Waals surface area contributed by atoms with Crippen molar-refractivity contribution < 1.29 is 18.4 Å². The molecule has 9 heteroatoms. The fourth-order valence-corrected chi connectivity index (χ4v) is 2.54. The summed E-state index contributed by atoms with van der Waals surface area (Å²) in [4.78, 5) is 17.8. The van der Waals surface area contributed by atoms with Crippen molar-refractivity contribution in [3.63, 3.8) is 0 Å². The lowest BCUT2D eigenvalue weighted by Gasteiger charge is -2.17. The van der Waals surface area contributed by atoms with Crippen molar-refractivity contribution in [2.24, 2.45) is 0 Å². The number of amides is 1. The Bertz CT molecular complexity index is 914. The zero-order valence-corrected chi connectivity index (χ0v) is 14.5. The summed E-state index contributed by atoms with van der Waals surface area (Å²) in [7, 11) is 0. The van der Waals surface area contributed by atoms with Crippen LogP contribution in [0.1, 0.15) is 23.0 Å². The first kappa shape index (κ1) is 18.6. The number of tetrazole rings is 1. The third kappa shape index (κ3) is 4.91. The summed E-state index contributed by atoms with van der Waals surface area (Å²) < 4.78 is 27.7. The molecule has 0 fully saturated rings. The highest BCUT2D eigenvalue weighted by molar-refractivity contribution is 5.79. The van der Waals surface area contributed by atoms with Crippen LogP contribution in [0.25, 0.3) is 0 Å². The Balaban J connectivity index is 1.69. The van der Waals surface area contributed by atoms with Crippen LogP contribution in [0.3, 0.4) is 0 Å². The van der Waals surface area contributed by atoms with Gasteiger partial charge in [0.1, 0.15) is 23.5 Å². The Kier molecular flexibility index (Phi) is 5.82. The van der Waals surface area contributed by atoms with E-state index in [-0.39, 0.29) is 18.8 Å². The van der Waals surface area contributed by atoms with E-state index in [1.165, 1.54) is 28.9 Å². The van der Waals surface area contributed by atoms with Gasteiger partial charge in [-0.15, -0.1) is 5.10 Å². The molecule has 1 amide bonds. The zero-order chi connectivity index (χ0) is 19.2. The second kappa shape index (κ2) is 8.45. The SMILES string of the molecule is Cc1nnnn1C(Cc1cccc(F)c1)C(=O)NOCc1ccc(F)cc1. The van der Waals surface area contributed by atoms with Gasteiger partial charge < -0.3 is 0 Å². The van der Waals surface area contributed by atoms with Crippen LogP contribution >= 0.6 is 0 Å². The number of aryl methyl sites for hydroxylation is 1. The normalized spacial score (nSPS) is 12.0. The third-order valence-electron chi connectivity index (χ3n) is 3.90. The predicted octanol–water partition coefficient (Wildman–Crippen LogP) is 2.29. The molecular weight excluding hydrogens is 356 g/mol. The molecule has 1 N–H and O–H groups in total. The van der Waals surface area contributed by atoms with E-state index in [0.717, 1.165) is 0 Å². The fourth-order valence-electron chi connectivity index (χ4n) is 2.54. The molecule has 0 aliphatic carbocycles. The molecule has 7 nitrogen and oxygen atoms in total. The van der Waals surface area contributed by atoms with Gasteiger partial charge >= 0.3 is 0 Å². The van der Waals surface area contributed by atoms with Crippen LogP contribution in [-0.4, -0.2) is 26.1 Å². The molecule has 3 rings (SSSR count). The molecule has 1 aromatic heterocycles. The largest absolute Gasteiger partial charge is 0.270 e. The highest BCUT2D eigenvalue weighted by Crippen LogP contribution is 2.16. The van der Waals surface area contributed by atoms with E-state index >= 15 is 0 Å². The van der Waals surface area contributed by atoms with E-state index in [2.05, 4.69) is 21.0 Å². The standard InChI is InChI=1S/C18H17F2N5O2/c1-12-21-23-24-25(12)17(10-14-3-2-4-16(20)9-14)18(26)22-27-11-13-5-7-15(19)8-6-13/h2-9,17H,10-11H2,1H3,(H,22,26). The van der Waals surface area contributed by atoms with Gasteiger partial charge in [-0.1, -0.05) is 24.3 Å². The molecule has 27 heavy (non-hydrogen) atoms. The van der Waals surface area contributed by atoms with Crippen molar-refractivity contribution in [2.45, 2.75) is 26.0 Å². The first-order chi connectivity index (χ1) is 13.0. The van der Waals surface area contributed by atoms with E-state index in [1.807, 2.05) is 0 Å². The third-order valence-corrected chi connectivity index (χ3v) is 3.90. The molecule has 0 radical (unpaired) electrons. The molecule has 0 spiro atoms. The molecular formula is C18H17F2N5O2.